The lowest BCUT2D eigenvalue weighted by molar-refractivity contribution is -0.113. The highest BCUT2D eigenvalue weighted by Gasteiger charge is 2.17. The van der Waals surface area contributed by atoms with E-state index in [0.717, 1.165) is 34.2 Å². The first-order chi connectivity index (χ1) is 16.8. The molecule has 4 rings (SSSR count). The van der Waals surface area contributed by atoms with Gasteiger partial charge in [0.1, 0.15) is 5.82 Å². The molecule has 0 spiro atoms. The number of hydrogen-bond acceptors (Lipinski definition) is 7. The van der Waals surface area contributed by atoms with Crippen molar-refractivity contribution in [3.05, 3.63) is 81.9 Å². The fraction of sp³-hybridized carbons (Fsp3) is 0.240. The molecule has 1 N–H and O–H groups in total. The zero-order valence-corrected chi connectivity index (χ0v) is 22.3. The van der Waals surface area contributed by atoms with E-state index in [0.29, 0.717) is 21.1 Å². The lowest BCUT2D eigenvalue weighted by Crippen LogP contribution is -2.14. The van der Waals surface area contributed by atoms with Crippen LogP contribution < -0.4 is 5.32 Å². The third-order valence-corrected chi connectivity index (χ3v) is 7.22. The van der Waals surface area contributed by atoms with Crippen molar-refractivity contribution >= 4 is 46.7 Å². The molecule has 180 valence electrons. The normalized spacial score (nSPS) is 11.0. The van der Waals surface area contributed by atoms with Gasteiger partial charge < -0.3 is 5.32 Å². The summed E-state index contributed by atoms with van der Waals surface area (Å²) in [7, 11) is 0. The van der Waals surface area contributed by atoms with Gasteiger partial charge in [0.15, 0.2) is 10.3 Å². The summed E-state index contributed by atoms with van der Waals surface area (Å²) in [5.41, 5.74) is 5.81. The first-order valence-corrected chi connectivity index (χ1v) is 13.3. The first kappa shape index (κ1) is 25.2. The van der Waals surface area contributed by atoms with Crippen molar-refractivity contribution in [3.63, 3.8) is 0 Å². The fourth-order valence-electron chi connectivity index (χ4n) is 3.37. The monoisotopic (exact) mass is 524 g/mol. The van der Waals surface area contributed by atoms with Crippen LogP contribution in [0.5, 0.6) is 0 Å². The minimum absolute atomic E-state index is 0.108. The van der Waals surface area contributed by atoms with Crippen LogP contribution in [0.15, 0.2) is 58.8 Å². The maximum atomic E-state index is 12.6. The number of benzene rings is 2. The van der Waals surface area contributed by atoms with Crippen molar-refractivity contribution in [1.29, 1.82) is 0 Å². The van der Waals surface area contributed by atoms with Gasteiger partial charge in [-0.1, -0.05) is 41.2 Å². The standard InChI is InChI=1S/C25H25ClN6OS2/c1-15-5-8-20(11-16(15)2)29-23(33)14-35-25-31-30-22(32(25)21-9-6-19(26)7-10-21)13-34-24-27-17(3)12-18(4)28-24/h5-12H,13-14H2,1-4H3,(H,29,33). The number of carbonyl (C=O) groups excluding carboxylic acids is 1. The predicted molar refractivity (Wildman–Crippen MR) is 143 cm³/mol. The molecule has 35 heavy (non-hydrogen) atoms. The SMILES string of the molecule is Cc1cc(C)nc(SCc2nnc(SCC(=O)Nc3ccc(C)c(C)c3)n2-c2ccc(Cl)cc2)n1. The summed E-state index contributed by atoms with van der Waals surface area (Å²) < 4.78 is 1.94. The minimum atomic E-state index is -0.108. The van der Waals surface area contributed by atoms with Crippen LogP contribution in [0.3, 0.4) is 0 Å². The first-order valence-electron chi connectivity index (χ1n) is 10.9. The van der Waals surface area contributed by atoms with Gasteiger partial charge in [-0.15, -0.1) is 10.2 Å². The second-order valence-corrected chi connectivity index (χ2v) is 10.4. The van der Waals surface area contributed by atoms with Crippen molar-refractivity contribution in [2.75, 3.05) is 11.1 Å². The molecule has 7 nitrogen and oxygen atoms in total. The molecule has 4 aromatic rings. The van der Waals surface area contributed by atoms with E-state index in [4.69, 9.17) is 11.6 Å². The van der Waals surface area contributed by atoms with Gasteiger partial charge in [0.05, 0.1) is 11.5 Å². The highest BCUT2D eigenvalue weighted by molar-refractivity contribution is 7.99. The van der Waals surface area contributed by atoms with Gasteiger partial charge in [0.25, 0.3) is 0 Å². The van der Waals surface area contributed by atoms with Crippen LogP contribution in [-0.4, -0.2) is 36.4 Å². The van der Waals surface area contributed by atoms with Crippen molar-refractivity contribution < 1.29 is 4.79 Å². The van der Waals surface area contributed by atoms with Crippen LogP contribution in [0, 0.1) is 27.7 Å². The van der Waals surface area contributed by atoms with Gasteiger partial charge >= 0.3 is 0 Å². The predicted octanol–water partition coefficient (Wildman–Crippen LogP) is 5.97. The zero-order chi connectivity index (χ0) is 24.9. The number of amides is 1. The summed E-state index contributed by atoms with van der Waals surface area (Å²) in [5.74, 6) is 1.35. The van der Waals surface area contributed by atoms with E-state index in [1.165, 1.54) is 29.1 Å². The van der Waals surface area contributed by atoms with E-state index in [2.05, 4.69) is 25.5 Å². The van der Waals surface area contributed by atoms with Crippen LogP contribution in [0.4, 0.5) is 5.69 Å². The molecule has 0 aliphatic heterocycles. The highest BCUT2D eigenvalue weighted by Crippen LogP contribution is 2.27. The molecular formula is C25H25ClN6OS2. The van der Waals surface area contributed by atoms with Crippen LogP contribution >= 0.6 is 35.1 Å². The van der Waals surface area contributed by atoms with E-state index in [1.54, 1.807) is 0 Å². The van der Waals surface area contributed by atoms with E-state index >= 15 is 0 Å². The summed E-state index contributed by atoms with van der Waals surface area (Å²) in [6.07, 6.45) is 0. The number of nitrogens with one attached hydrogen (secondary N) is 1. The number of anilines is 1. The summed E-state index contributed by atoms with van der Waals surface area (Å²) in [6, 6.07) is 15.3. The molecule has 10 heteroatoms. The van der Waals surface area contributed by atoms with E-state index in [1.807, 2.05) is 80.8 Å². The van der Waals surface area contributed by atoms with Gasteiger partial charge in [-0.25, -0.2) is 9.97 Å². The third kappa shape index (κ3) is 6.62. The smallest absolute Gasteiger partial charge is 0.234 e. The van der Waals surface area contributed by atoms with Gasteiger partial charge in [0.2, 0.25) is 5.91 Å². The summed E-state index contributed by atoms with van der Waals surface area (Å²) in [5, 5.41) is 13.7. The molecule has 2 aromatic heterocycles. The van der Waals surface area contributed by atoms with Crippen molar-refractivity contribution in [3.8, 4) is 5.69 Å². The second kappa shape index (κ2) is 11.2. The quantitative estimate of drug-likeness (QED) is 0.224. The van der Waals surface area contributed by atoms with E-state index in [-0.39, 0.29) is 11.7 Å². The molecule has 0 fully saturated rings. The Morgan fingerprint density at radius 3 is 2.31 bits per heavy atom. The summed E-state index contributed by atoms with van der Waals surface area (Å²) in [4.78, 5) is 21.6. The van der Waals surface area contributed by atoms with Crippen LogP contribution in [0.25, 0.3) is 5.69 Å². The Morgan fingerprint density at radius 2 is 1.63 bits per heavy atom. The number of nitrogens with zero attached hydrogens (tertiary/aromatic N) is 5. The topological polar surface area (TPSA) is 85.6 Å². The molecule has 0 atom stereocenters. The van der Waals surface area contributed by atoms with Gasteiger partial charge in [-0.3, -0.25) is 9.36 Å². The number of aromatic nitrogens is 5. The molecule has 0 aliphatic rings. The van der Waals surface area contributed by atoms with Crippen molar-refractivity contribution in [2.24, 2.45) is 0 Å². The van der Waals surface area contributed by atoms with Crippen LogP contribution in [-0.2, 0) is 10.5 Å². The summed E-state index contributed by atoms with van der Waals surface area (Å²) >= 11 is 8.93. The Morgan fingerprint density at radius 1 is 0.914 bits per heavy atom. The number of thioether (sulfide) groups is 2. The molecule has 0 saturated heterocycles. The van der Waals surface area contributed by atoms with E-state index < -0.39 is 0 Å². The summed E-state index contributed by atoms with van der Waals surface area (Å²) in [6.45, 7) is 7.97. The number of halogens is 1. The molecule has 0 bridgehead atoms. The number of rotatable bonds is 8. The Bertz CT molecular complexity index is 1340. The molecule has 2 aromatic carbocycles. The Hall–Kier alpha value is -2.88. The van der Waals surface area contributed by atoms with Crippen LogP contribution in [0.1, 0.15) is 28.3 Å². The Balaban J connectivity index is 1.52. The molecular weight excluding hydrogens is 500 g/mol. The average molecular weight is 525 g/mol. The zero-order valence-electron chi connectivity index (χ0n) is 19.9. The maximum absolute atomic E-state index is 12.6. The second-order valence-electron chi connectivity index (χ2n) is 8.07. The lowest BCUT2D eigenvalue weighted by Gasteiger charge is -2.11. The molecule has 0 unspecified atom stereocenters. The third-order valence-electron chi connectivity index (χ3n) is 5.20. The number of aryl methyl sites for hydroxylation is 4. The van der Waals surface area contributed by atoms with E-state index in [9.17, 15) is 4.79 Å². The minimum Gasteiger partial charge on any atom is -0.325 e. The average Bonchev–Trinajstić information content (AvgIpc) is 3.21. The molecule has 2 heterocycles. The Labute approximate surface area is 218 Å². The lowest BCUT2D eigenvalue weighted by atomic mass is 10.1. The van der Waals surface area contributed by atoms with Crippen molar-refractivity contribution in [2.45, 2.75) is 43.8 Å². The van der Waals surface area contributed by atoms with Gasteiger partial charge in [0, 0.05) is 27.8 Å². The maximum Gasteiger partial charge on any atom is 0.234 e. The number of carbonyl (C=O) groups is 1. The highest BCUT2D eigenvalue weighted by atomic mass is 35.5. The number of hydrogen-bond donors (Lipinski definition) is 1. The fourth-order valence-corrected chi connectivity index (χ4v) is 5.13. The van der Waals surface area contributed by atoms with Crippen LogP contribution in [0.2, 0.25) is 5.02 Å². The molecule has 0 saturated carbocycles. The van der Waals surface area contributed by atoms with Gasteiger partial charge in [-0.2, -0.15) is 0 Å². The van der Waals surface area contributed by atoms with Gasteiger partial charge in [-0.05, 0) is 81.3 Å². The van der Waals surface area contributed by atoms with Crippen molar-refractivity contribution in [1.82, 2.24) is 24.7 Å². The largest absolute Gasteiger partial charge is 0.325 e. The molecule has 0 radical (unpaired) electrons. The molecule has 0 aliphatic carbocycles. The Kier molecular flexibility index (Phi) is 8.10. The molecule has 1 amide bonds.